The van der Waals surface area contributed by atoms with Gasteiger partial charge in [0.05, 0.1) is 4.24 Å². The van der Waals surface area contributed by atoms with Crippen LogP contribution >= 0.6 is 23.5 Å². The van der Waals surface area contributed by atoms with E-state index in [0.29, 0.717) is 9.92 Å². The summed E-state index contributed by atoms with van der Waals surface area (Å²) in [5.41, 5.74) is 0.617. The Morgan fingerprint density at radius 1 is 1.10 bits per heavy atom. The molecule has 0 unspecified atom stereocenters. The molecule has 0 fully saturated rings. The summed E-state index contributed by atoms with van der Waals surface area (Å²) in [5.74, 6) is -1.31. The number of hydrogen-bond donors (Lipinski definition) is 1. The Bertz CT molecular complexity index is 547. The Balaban J connectivity index is 3.09. The number of ketones is 1. The maximum Gasteiger partial charge on any atom is 0.260 e. The van der Waals surface area contributed by atoms with Gasteiger partial charge in [0.15, 0.2) is 5.78 Å². The second-order valence-electron chi connectivity index (χ2n) is 4.55. The molecule has 0 heterocycles. The van der Waals surface area contributed by atoms with Crippen molar-refractivity contribution in [2.45, 2.75) is 13.8 Å². The standard InChI is InChI=1S/C15H18FNO2S2/c1-9(2)13(18)12(15(20-3)21-4)14(19)17-11-7-5-10(16)6-8-11/h5-9H,1-4H3,(H,17,19). The minimum Gasteiger partial charge on any atom is -0.322 e. The van der Waals surface area contributed by atoms with E-state index in [1.807, 2.05) is 12.5 Å². The van der Waals surface area contributed by atoms with Crippen LogP contribution in [0.25, 0.3) is 0 Å². The van der Waals surface area contributed by atoms with Crippen molar-refractivity contribution in [1.29, 1.82) is 0 Å². The van der Waals surface area contributed by atoms with Gasteiger partial charge in [-0.1, -0.05) is 13.8 Å². The highest BCUT2D eigenvalue weighted by atomic mass is 32.2. The van der Waals surface area contributed by atoms with Gasteiger partial charge in [-0.2, -0.15) is 0 Å². The van der Waals surface area contributed by atoms with Gasteiger partial charge in [-0.3, -0.25) is 9.59 Å². The van der Waals surface area contributed by atoms with Gasteiger partial charge in [0.1, 0.15) is 11.4 Å². The van der Waals surface area contributed by atoms with Crippen molar-refractivity contribution in [3.8, 4) is 0 Å². The highest BCUT2D eigenvalue weighted by molar-refractivity contribution is 8.21. The van der Waals surface area contributed by atoms with Crippen LogP contribution < -0.4 is 5.32 Å². The highest BCUT2D eigenvalue weighted by Crippen LogP contribution is 2.30. The monoisotopic (exact) mass is 327 g/mol. The second kappa shape index (κ2) is 8.24. The first-order valence-electron chi connectivity index (χ1n) is 6.34. The molecule has 0 bridgehead atoms. The average molecular weight is 327 g/mol. The van der Waals surface area contributed by atoms with Crippen LogP contribution in [0.2, 0.25) is 0 Å². The average Bonchev–Trinajstić information content (AvgIpc) is 2.46. The number of anilines is 1. The highest BCUT2D eigenvalue weighted by Gasteiger charge is 2.25. The maximum absolute atomic E-state index is 12.9. The van der Waals surface area contributed by atoms with Crippen molar-refractivity contribution in [3.05, 3.63) is 39.9 Å². The topological polar surface area (TPSA) is 46.2 Å². The predicted molar refractivity (Wildman–Crippen MR) is 88.9 cm³/mol. The number of nitrogens with one attached hydrogen (secondary N) is 1. The fraction of sp³-hybridized carbons (Fsp3) is 0.333. The quantitative estimate of drug-likeness (QED) is 0.488. The van der Waals surface area contributed by atoms with Gasteiger partial charge in [0.2, 0.25) is 0 Å². The zero-order chi connectivity index (χ0) is 16.0. The molecule has 3 nitrogen and oxygen atoms in total. The third kappa shape index (κ3) is 4.89. The van der Waals surface area contributed by atoms with E-state index in [4.69, 9.17) is 0 Å². The van der Waals surface area contributed by atoms with Crippen molar-refractivity contribution >= 4 is 40.9 Å². The lowest BCUT2D eigenvalue weighted by Gasteiger charge is -2.13. The largest absolute Gasteiger partial charge is 0.322 e. The lowest BCUT2D eigenvalue weighted by atomic mass is 10.0. The number of hydrogen-bond acceptors (Lipinski definition) is 4. The van der Waals surface area contributed by atoms with Gasteiger partial charge in [0.25, 0.3) is 5.91 Å². The lowest BCUT2D eigenvalue weighted by Crippen LogP contribution is -2.24. The van der Waals surface area contributed by atoms with Crippen LogP contribution in [0.15, 0.2) is 34.1 Å². The zero-order valence-corrected chi connectivity index (χ0v) is 14.0. The molecule has 1 rings (SSSR count). The van der Waals surface area contributed by atoms with E-state index in [9.17, 15) is 14.0 Å². The third-order valence-electron chi connectivity index (χ3n) is 2.67. The minimum atomic E-state index is -0.459. The number of Topliss-reactive ketones (excluding diaryl/α,β-unsaturated/α-hetero) is 1. The Kier molecular flexibility index (Phi) is 6.98. The molecule has 1 amide bonds. The van der Waals surface area contributed by atoms with Crippen molar-refractivity contribution in [2.75, 3.05) is 17.8 Å². The van der Waals surface area contributed by atoms with Gasteiger partial charge < -0.3 is 5.32 Å². The predicted octanol–water partition coefficient (Wildman–Crippen LogP) is 3.93. The van der Waals surface area contributed by atoms with Gasteiger partial charge >= 0.3 is 0 Å². The molecule has 1 aromatic carbocycles. The first-order valence-corrected chi connectivity index (χ1v) is 8.79. The Morgan fingerprint density at radius 2 is 1.62 bits per heavy atom. The first-order chi connectivity index (χ1) is 9.90. The molecule has 0 radical (unpaired) electrons. The molecule has 0 atom stereocenters. The minimum absolute atomic E-state index is 0.161. The van der Waals surface area contributed by atoms with E-state index in [1.165, 1.54) is 47.8 Å². The first kappa shape index (κ1) is 17.8. The molecule has 0 aliphatic heterocycles. The van der Waals surface area contributed by atoms with Crippen molar-refractivity contribution in [2.24, 2.45) is 5.92 Å². The number of carbonyl (C=O) groups excluding carboxylic acids is 2. The summed E-state index contributed by atoms with van der Waals surface area (Å²) in [6.45, 7) is 3.51. The number of carbonyl (C=O) groups is 2. The Morgan fingerprint density at radius 3 is 2.05 bits per heavy atom. The SMILES string of the molecule is CSC(SC)=C(C(=O)Nc1ccc(F)cc1)C(=O)C(C)C. The van der Waals surface area contributed by atoms with Crippen LogP contribution in [0.1, 0.15) is 13.8 Å². The van der Waals surface area contributed by atoms with Crippen molar-refractivity contribution < 1.29 is 14.0 Å². The number of thioether (sulfide) groups is 2. The third-order valence-corrected chi connectivity index (χ3v) is 4.82. The summed E-state index contributed by atoms with van der Waals surface area (Å²) in [4.78, 5) is 24.7. The Labute approximate surface area is 132 Å². The van der Waals surface area contributed by atoms with Crippen LogP contribution in [-0.4, -0.2) is 24.2 Å². The molecular weight excluding hydrogens is 309 g/mol. The molecule has 0 saturated carbocycles. The van der Waals surface area contributed by atoms with Crippen LogP contribution in [0.4, 0.5) is 10.1 Å². The smallest absolute Gasteiger partial charge is 0.260 e. The van der Waals surface area contributed by atoms with Crippen LogP contribution in [0, 0.1) is 11.7 Å². The molecular formula is C15H18FNO2S2. The summed E-state index contributed by atoms with van der Waals surface area (Å²) < 4.78 is 13.5. The molecule has 0 aromatic heterocycles. The molecule has 1 N–H and O–H groups in total. The molecule has 0 saturated heterocycles. The van der Waals surface area contributed by atoms with Crippen LogP contribution in [0.5, 0.6) is 0 Å². The van der Waals surface area contributed by atoms with Crippen LogP contribution in [0.3, 0.4) is 0 Å². The zero-order valence-electron chi connectivity index (χ0n) is 12.4. The summed E-state index contributed by atoms with van der Waals surface area (Å²) in [5, 5.41) is 2.64. The molecule has 0 aliphatic rings. The number of amides is 1. The summed E-state index contributed by atoms with van der Waals surface area (Å²) in [6, 6.07) is 5.44. The van der Waals surface area contributed by atoms with Gasteiger partial charge in [-0.15, -0.1) is 23.5 Å². The Hall–Kier alpha value is -1.27. The summed E-state index contributed by atoms with van der Waals surface area (Å²) in [6.07, 6.45) is 3.65. The summed E-state index contributed by atoms with van der Waals surface area (Å²) in [7, 11) is 0. The van der Waals surface area contributed by atoms with E-state index >= 15 is 0 Å². The molecule has 1 aromatic rings. The number of benzene rings is 1. The second-order valence-corrected chi connectivity index (χ2v) is 6.44. The molecule has 21 heavy (non-hydrogen) atoms. The lowest BCUT2D eigenvalue weighted by molar-refractivity contribution is -0.122. The van der Waals surface area contributed by atoms with E-state index in [0.717, 1.165) is 0 Å². The number of halogens is 1. The molecule has 6 heteroatoms. The number of rotatable bonds is 6. The summed E-state index contributed by atoms with van der Waals surface area (Å²) >= 11 is 2.73. The molecule has 0 aliphatic carbocycles. The fourth-order valence-electron chi connectivity index (χ4n) is 1.61. The van der Waals surface area contributed by atoms with Crippen molar-refractivity contribution in [1.82, 2.24) is 0 Å². The van der Waals surface area contributed by atoms with Crippen molar-refractivity contribution in [3.63, 3.8) is 0 Å². The van der Waals surface area contributed by atoms with Gasteiger partial charge in [-0.25, -0.2) is 4.39 Å². The molecule has 114 valence electrons. The van der Waals surface area contributed by atoms with E-state index < -0.39 is 5.91 Å². The van der Waals surface area contributed by atoms with E-state index in [2.05, 4.69) is 5.32 Å². The van der Waals surface area contributed by atoms with Gasteiger partial charge in [-0.05, 0) is 36.8 Å². The normalized spacial score (nSPS) is 10.4. The van der Waals surface area contributed by atoms with Crippen LogP contribution in [-0.2, 0) is 9.59 Å². The maximum atomic E-state index is 12.9. The molecule has 0 spiro atoms. The fourth-order valence-corrected chi connectivity index (χ4v) is 3.07. The van der Waals surface area contributed by atoms with E-state index in [1.54, 1.807) is 13.8 Å². The van der Waals surface area contributed by atoms with Gasteiger partial charge in [0, 0.05) is 11.6 Å². The van der Waals surface area contributed by atoms with E-state index in [-0.39, 0.29) is 23.1 Å².